The molecule has 4 rings (SSSR count). The summed E-state index contributed by atoms with van der Waals surface area (Å²) in [4.78, 5) is 17.1. The zero-order valence-corrected chi connectivity index (χ0v) is 18.8. The molecule has 0 spiro atoms. The second kappa shape index (κ2) is 9.89. The van der Waals surface area contributed by atoms with Crippen molar-refractivity contribution in [2.24, 2.45) is 0 Å². The first-order chi connectivity index (χ1) is 15.1. The number of amides is 1. The number of hydrogen-bond acceptors (Lipinski definition) is 7. The predicted octanol–water partition coefficient (Wildman–Crippen LogP) is 5.66. The number of hydrogen-bond donors (Lipinski definition) is 1. The van der Waals surface area contributed by atoms with Gasteiger partial charge in [0.25, 0.3) is 5.22 Å². The van der Waals surface area contributed by atoms with E-state index in [0.29, 0.717) is 22.7 Å². The molecule has 2 heterocycles. The van der Waals surface area contributed by atoms with Crippen molar-refractivity contribution in [1.82, 2.24) is 15.2 Å². The molecule has 0 fully saturated rings. The quantitative estimate of drug-likeness (QED) is 0.349. The maximum Gasteiger partial charge on any atom is 0.277 e. The van der Waals surface area contributed by atoms with Crippen molar-refractivity contribution in [2.75, 3.05) is 5.32 Å². The van der Waals surface area contributed by atoms with Crippen molar-refractivity contribution in [2.45, 2.75) is 36.7 Å². The molecule has 0 saturated heterocycles. The molecule has 2 aromatic heterocycles. The predicted molar refractivity (Wildman–Crippen MR) is 124 cm³/mol. The van der Waals surface area contributed by atoms with Gasteiger partial charge in [0.1, 0.15) is 0 Å². The van der Waals surface area contributed by atoms with Crippen LogP contribution in [0.2, 0.25) is 0 Å². The van der Waals surface area contributed by atoms with E-state index in [2.05, 4.69) is 39.6 Å². The highest BCUT2D eigenvalue weighted by molar-refractivity contribution is 8.00. The molecule has 0 bridgehead atoms. The molecule has 158 valence electrons. The third-order valence-electron chi connectivity index (χ3n) is 4.75. The Hall–Kier alpha value is -2.97. The first-order valence-corrected chi connectivity index (χ1v) is 11.7. The molecule has 2 atom stereocenters. The summed E-state index contributed by atoms with van der Waals surface area (Å²) in [5.41, 5.74) is 3.08. The Morgan fingerprint density at radius 3 is 2.52 bits per heavy atom. The molecule has 0 aliphatic heterocycles. The molecular weight excluding hydrogens is 428 g/mol. The topological polar surface area (TPSA) is 80.9 Å². The van der Waals surface area contributed by atoms with Crippen molar-refractivity contribution in [1.29, 1.82) is 0 Å². The van der Waals surface area contributed by atoms with Gasteiger partial charge >= 0.3 is 0 Å². The van der Waals surface area contributed by atoms with E-state index in [9.17, 15) is 4.79 Å². The van der Waals surface area contributed by atoms with Gasteiger partial charge in [0.15, 0.2) is 5.13 Å². The minimum atomic E-state index is -0.399. The van der Waals surface area contributed by atoms with Crippen molar-refractivity contribution < 1.29 is 9.21 Å². The van der Waals surface area contributed by atoms with E-state index in [4.69, 9.17) is 4.42 Å². The molecule has 6 nitrogen and oxygen atoms in total. The summed E-state index contributed by atoms with van der Waals surface area (Å²) in [5.74, 6) is 0.680. The SMILES string of the molecule is CC(Sc1nnc(CC(C)c2ccccc2)o1)C(=O)Nc1nc(-c2ccccc2)cs1. The van der Waals surface area contributed by atoms with E-state index in [1.54, 1.807) is 0 Å². The Bertz CT molecular complexity index is 1130. The second-order valence-electron chi connectivity index (χ2n) is 7.13. The fraction of sp³-hybridized carbons (Fsp3) is 0.217. The molecule has 4 aromatic rings. The van der Waals surface area contributed by atoms with Crippen LogP contribution in [0.15, 0.2) is 75.7 Å². The minimum Gasteiger partial charge on any atom is -0.416 e. The summed E-state index contributed by atoms with van der Waals surface area (Å²) >= 11 is 2.64. The molecule has 0 aliphatic rings. The normalized spacial score (nSPS) is 13.0. The first kappa shape index (κ1) is 21.3. The molecule has 0 aliphatic carbocycles. The largest absolute Gasteiger partial charge is 0.416 e. The van der Waals surface area contributed by atoms with Gasteiger partial charge in [-0.1, -0.05) is 79.3 Å². The minimum absolute atomic E-state index is 0.156. The van der Waals surface area contributed by atoms with Crippen LogP contribution < -0.4 is 5.32 Å². The zero-order valence-electron chi connectivity index (χ0n) is 17.2. The van der Waals surface area contributed by atoms with Gasteiger partial charge in [-0.05, 0) is 18.4 Å². The number of rotatable bonds is 8. The van der Waals surface area contributed by atoms with Crippen LogP contribution in [0.1, 0.15) is 31.2 Å². The van der Waals surface area contributed by atoms with Gasteiger partial charge in [-0.3, -0.25) is 4.79 Å². The lowest BCUT2D eigenvalue weighted by molar-refractivity contribution is -0.115. The summed E-state index contributed by atoms with van der Waals surface area (Å²) in [5, 5.41) is 13.6. The van der Waals surface area contributed by atoms with Gasteiger partial charge in [0.05, 0.1) is 10.9 Å². The van der Waals surface area contributed by atoms with Crippen LogP contribution in [-0.4, -0.2) is 26.3 Å². The third-order valence-corrected chi connectivity index (χ3v) is 6.44. The van der Waals surface area contributed by atoms with E-state index in [1.165, 1.54) is 28.7 Å². The number of carbonyl (C=O) groups is 1. The van der Waals surface area contributed by atoms with Crippen molar-refractivity contribution in [3.05, 3.63) is 77.5 Å². The van der Waals surface area contributed by atoms with E-state index in [0.717, 1.165) is 11.3 Å². The van der Waals surface area contributed by atoms with E-state index >= 15 is 0 Å². The van der Waals surface area contributed by atoms with Crippen LogP contribution in [0.3, 0.4) is 0 Å². The number of thiazole rings is 1. The molecular formula is C23H22N4O2S2. The second-order valence-corrected chi connectivity index (χ2v) is 9.28. The monoisotopic (exact) mass is 450 g/mol. The number of nitrogens with zero attached hydrogens (tertiary/aromatic N) is 3. The zero-order chi connectivity index (χ0) is 21.6. The average molecular weight is 451 g/mol. The first-order valence-electron chi connectivity index (χ1n) is 9.94. The smallest absolute Gasteiger partial charge is 0.277 e. The molecule has 1 amide bonds. The standard InChI is InChI=1S/C23H22N4O2S2/c1-15(17-9-5-3-6-10-17)13-20-26-27-23(29-20)31-16(2)21(28)25-22-24-19(14-30-22)18-11-7-4-8-12-18/h3-12,14-16H,13H2,1-2H3,(H,24,25,28). The highest BCUT2D eigenvalue weighted by atomic mass is 32.2. The number of thioether (sulfide) groups is 1. The third kappa shape index (κ3) is 5.59. The van der Waals surface area contributed by atoms with Crippen molar-refractivity contribution in [3.63, 3.8) is 0 Å². The number of anilines is 1. The lowest BCUT2D eigenvalue weighted by Gasteiger charge is -2.09. The van der Waals surface area contributed by atoms with Gasteiger partial charge in [-0.2, -0.15) is 0 Å². The van der Waals surface area contributed by atoms with Crippen LogP contribution in [0, 0.1) is 0 Å². The fourth-order valence-electron chi connectivity index (χ4n) is 3.01. The highest BCUT2D eigenvalue weighted by Gasteiger charge is 2.20. The molecule has 0 saturated carbocycles. The number of nitrogens with one attached hydrogen (secondary N) is 1. The van der Waals surface area contributed by atoms with Crippen LogP contribution in [-0.2, 0) is 11.2 Å². The summed E-state index contributed by atoms with van der Waals surface area (Å²) in [6.07, 6.45) is 0.652. The van der Waals surface area contributed by atoms with Crippen LogP contribution in [0.5, 0.6) is 0 Å². The maximum absolute atomic E-state index is 12.6. The Labute approximate surface area is 189 Å². The summed E-state index contributed by atoms with van der Waals surface area (Å²) < 4.78 is 5.76. The van der Waals surface area contributed by atoms with Gasteiger partial charge in [-0.25, -0.2) is 4.98 Å². The van der Waals surface area contributed by atoms with E-state index in [1.807, 2.05) is 60.8 Å². The number of carbonyl (C=O) groups excluding carboxylic acids is 1. The van der Waals surface area contributed by atoms with Crippen LogP contribution in [0.25, 0.3) is 11.3 Å². The van der Waals surface area contributed by atoms with Crippen LogP contribution in [0.4, 0.5) is 5.13 Å². The molecule has 2 aromatic carbocycles. The Morgan fingerprint density at radius 2 is 1.77 bits per heavy atom. The highest BCUT2D eigenvalue weighted by Crippen LogP contribution is 2.28. The molecule has 8 heteroatoms. The molecule has 0 radical (unpaired) electrons. The van der Waals surface area contributed by atoms with Crippen molar-refractivity contribution >= 4 is 34.1 Å². The van der Waals surface area contributed by atoms with Gasteiger partial charge in [-0.15, -0.1) is 21.5 Å². The Morgan fingerprint density at radius 1 is 1.06 bits per heavy atom. The Balaban J connectivity index is 1.32. The Kier molecular flexibility index (Phi) is 6.79. The van der Waals surface area contributed by atoms with E-state index < -0.39 is 5.25 Å². The van der Waals surface area contributed by atoms with Crippen molar-refractivity contribution in [3.8, 4) is 11.3 Å². The molecule has 1 N–H and O–H groups in total. The average Bonchev–Trinajstić information content (AvgIpc) is 3.44. The lowest BCUT2D eigenvalue weighted by atomic mass is 9.98. The fourth-order valence-corrected chi connectivity index (χ4v) is 4.44. The molecule has 2 unspecified atom stereocenters. The van der Waals surface area contributed by atoms with Gasteiger partial charge in [0.2, 0.25) is 11.8 Å². The summed E-state index contributed by atoms with van der Waals surface area (Å²) in [6.45, 7) is 3.93. The van der Waals surface area contributed by atoms with Crippen LogP contribution >= 0.6 is 23.1 Å². The summed E-state index contributed by atoms with van der Waals surface area (Å²) in [6, 6.07) is 20.1. The summed E-state index contributed by atoms with van der Waals surface area (Å²) in [7, 11) is 0. The maximum atomic E-state index is 12.6. The molecule has 31 heavy (non-hydrogen) atoms. The van der Waals surface area contributed by atoms with E-state index in [-0.39, 0.29) is 11.8 Å². The van der Waals surface area contributed by atoms with Gasteiger partial charge in [0, 0.05) is 17.4 Å². The lowest BCUT2D eigenvalue weighted by Crippen LogP contribution is -2.22. The van der Waals surface area contributed by atoms with Gasteiger partial charge < -0.3 is 9.73 Å². The number of aromatic nitrogens is 3. The number of benzene rings is 2.